The number of carbonyl (C=O) groups excluding carboxylic acids is 3. The van der Waals surface area contributed by atoms with Crippen LogP contribution >= 0.6 is 11.6 Å². The molecule has 7 heteroatoms. The van der Waals surface area contributed by atoms with Gasteiger partial charge in [-0.2, -0.15) is 0 Å². The highest BCUT2D eigenvalue weighted by atomic mass is 35.5. The third kappa shape index (κ3) is 8.17. The van der Waals surface area contributed by atoms with Crippen LogP contribution in [0.3, 0.4) is 0 Å². The fourth-order valence-corrected chi connectivity index (χ4v) is 3.82. The number of likely N-dealkylation sites (tertiary alicyclic amines) is 1. The lowest BCUT2D eigenvalue weighted by Crippen LogP contribution is -2.48. The predicted octanol–water partition coefficient (Wildman–Crippen LogP) is 5.19. The van der Waals surface area contributed by atoms with E-state index in [4.69, 9.17) is 16.3 Å². The molecule has 0 aromatic heterocycles. The van der Waals surface area contributed by atoms with Crippen LogP contribution in [0.4, 0.5) is 4.79 Å². The van der Waals surface area contributed by atoms with Gasteiger partial charge < -0.3 is 14.5 Å². The summed E-state index contributed by atoms with van der Waals surface area (Å²) in [6.07, 6.45) is 1.90. The van der Waals surface area contributed by atoms with Gasteiger partial charge in [0.05, 0.1) is 0 Å². The van der Waals surface area contributed by atoms with Gasteiger partial charge in [-0.25, -0.2) is 4.79 Å². The van der Waals surface area contributed by atoms with Crippen LogP contribution in [0.15, 0.2) is 24.3 Å². The Balaban J connectivity index is 1.89. The average Bonchev–Trinajstić information content (AvgIpc) is 2.69. The number of hydrogen-bond acceptors (Lipinski definition) is 4. The molecular weight excluding hydrogens is 416 g/mol. The van der Waals surface area contributed by atoms with E-state index in [1.165, 1.54) is 0 Å². The number of amides is 2. The first-order valence-electron chi connectivity index (χ1n) is 11.0. The zero-order chi connectivity index (χ0) is 23.2. The summed E-state index contributed by atoms with van der Waals surface area (Å²) >= 11 is 5.86. The minimum atomic E-state index is -0.546. The lowest BCUT2D eigenvalue weighted by atomic mass is 9.96. The van der Waals surface area contributed by atoms with Crippen LogP contribution in [-0.4, -0.2) is 58.9 Å². The maximum Gasteiger partial charge on any atom is 0.410 e. The average molecular weight is 451 g/mol. The molecule has 1 saturated heterocycles. The molecule has 1 aromatic carbocycles. The van der Waals surface area contributed by atoms with Crippen LogP contribution in [0.2, 0.25) is 5.02 Å². The Morgan fingerprint density at radius 3 is 2.39 bits per heavy atom. The van der Waals surface area contributed by atoms with E-state index < -0.39 is 5.60 Å². The van der Waals surface area contributed by atoms with Gasteiger partial charge in [0.2, 0.25) is 5.91 Å². The fourth-order valence-electron chi connectivity index (χ4n) is 3.69. The summed E-state index contributed by atoms with van der Waals surface area (Å²) in [5.74, 6) is 0.120. The number of nitrogens with zero attached hydrogens (tertiary/aromatic N) is 2. The number of ketones is 1. The molecule has 6 nitrogen and oxygen atoms in total. The van der Waals surface area contributed by atoms with Crippen LogP contribution in [0.5, 0.6) is 0 Å². The van der Waals surface area contributed by atoms with Crippen molar-refractivity contribution in [3.8, 4) is 0 Å². The smallest absolute Gasteiger partial charge is 0.410 e. The van der Waals surface area contributed by atoms with Crippen molar-refractivity contribution < 1.29 is 19.1 Å². The molecule has 0 radical (unpaired) electrons. The highest BCUT2D eigenvalue weighted by Crippen LogP contribution is 2.22. The van der Waals surface area contributed by atoms with Gasteiger partial charge in [0.1, 0.15) is 5.60 Å². The number of halogens is 1. The second-order valence-corrected chi connectivity index (χ2v) is 9.94. The first-order valence-corrected chi connectivity index (χ1v) is 11.4. The predicted molar refractivity (Wildman–Crippen MR) is 122 cm³/mol. The molecule has 1 heterocycles. The molecule has 1 unspecified atom stereocenters. The third-order valence-electron chi connectivity index (χ3n) is 5.31. The molecule has 172 valence electrons. The molecule has 0 aliphatic carbocycles. The van der Waals surface area contributed by atoms with E-state index in [1.807, 2.05) is 39.5 Å². The summed E-state index contributed by atoms with van der Waals surface area (Å²) in [6.45, 7) is 11.4. The maximum atomic E-state index is 12.7. The van der Waals surface area contributed by atoms with Gasteiger partial charge in [-0.15, -0.1) is 0 Å². The van der Waals surface area contributed by atoms with Gasteiger partial charge >= 0.3 is 6.09 Å². The van der Waals surface area contributed by atoms with Gasteiger partial charge in [0.15, 0.2) is 5.78 Å². The Morgan fingerprint density at radius 2 is 1.81 bits per heavy atom. The zero-order valence-corrected chi connectivity index (χ0v) is 20.1. The normalized spacial score (nSPS) is 16.9. The molecule has 2 amide bonds. The minimum Gasteiger partial charge on any atom is -0.444 e. The Labute approximate surface area is 190 Å². The van der Waals surface area contributed by atoms with Crippen LogP contribution in [0.25, 0.3) is 0 Å². The number of benzene rings is 1. The molecule has 1 aliphatic heterocycles. The highest BCUT2D eigenvalue weighted by molar-refractivity contribution is 6.30. The van der Waals surface area contributed by atoms with Crippen molar-refractivity contribution in [3.05, 3.63) is 34.9 Å². The second-order valence-electron chi connectivity index (χ2n) is 9.50. The van der Waals surface area contributed by atoms with Gasteiger partial charge in [0.25, 0.3) is 0 Å². The summed E-state index contributed by atoms with van der Waals surface area (Å²) in [7, 11) is 0. The van der Waals surface area contributed by atoms with E-state index in [0.717, 1.165) is 12.8 Å². The molecule has 0 spiro atoms. The summed E-state index contributed by atoms with van der Waals surface area (Å²) < 4.78 is 5.55. The van der Waals surface area contributed by atoms with E-state index in [9.17, 15) is 14.4 Å². The van der Waals surface area contributed by atoms with Crippen LogP contribution in [0.1, 0.15) is 70.7 Å². The van der Waals surface area contributed by atoms with Gasteiger partial charge in [-0.3, -0.25) is 9.59 Å². The summed E-state index contributed by atoms with van der Waals surface area (Å²) in [5.41, 5.74) is 0.0220. The monoisotopic (exact) mass is 450 g/mol. The number of rotatable bonds is 7. The molecular formula is C24H35ClN2O4. The molecule has 1 atom stereocenters. The van der Waals surface area contributed by atoms with Crippen molar-refractivity contribution in [2.45, 2.75) is 71.9 Å². The third-order valence-corrected chi connectivity index (χ3v) is 5.56. The fraction of sp³-hybridized carbons (Fsp3) is 0.625. The molecule has 1 aliphatic rings. The molecule has 2 rings (SSSR count). The Hall–Kier alpha value is -2.08. The molecule has 1 fully saturated rings. The Bertz CT molecular complexity index is 771. The summed E-state index contributed by atoms with van der Waals surface area (Å²) in [5, 5.41) is 0.578. The van der Waals surface area contributed by atoms with Crippen LogP contribution < -0.4 is 0 Å². The van der Waals surface area contributed by atoms with Crippen molar-refractivity contribution in [1.29, 1.82) is 0 Å². The largest absolute Gasteiger partial charge is 0.444 e. The molecule has 31 heavy (non-hydrogen) atoms. The number of Topliss-reactive ketones (excluding diaryl/α,β-unsaturated/α-hetero) is 1. The quantitative estimate of drug-likeness (QED) is 0.536. The van der Waals surface area contributed by atoms with E-state index in [2.05, 4.69) is 0 Å². The number of ether oxygens (including phenoxy) is 1. The molecule has 1 aromatic rings. The maximum absolute atomic E-state index is 12.7. The van der Waals surface area contributed by atoms with E-state index in [1.54, 1.807) is 29.2 Å². The zero-order valence-electron chi connectivity index (χ0n) is 19.3. The van der Waals surface area contributed by atoms with Crippen molar-refractivity contribution in [1.82, 2.24) is 9.80 Å². The molecule has 0 N–H and O–H groups in total. The lowest BCUT2D eigenvalue weighted by molar-refractivity contribution is -0.133. The highest BCUT2D eigenvalue weighted by Gasteiger charge is 2.30. The molecule has 0 bridgehead atoms. The number of piperidine rings is 1. The van der Waals surface area contributed by atoms with Crippen LogP contribution in [-0.2, 0) is 9.53 Å². The van der Waals surface area contributed by atoms with Crippen molar-refractivity contribution >= 4 is 29.4 Å². The Morgan fingerprint density at radius 1 is 1.16 bits per heavy atom. The summed E-state index contributed by atoms with van der Waals surface area (Å²) in [4.78, 5) is 41.2. The standard InChI is InChI=1S/C24H35ClN2O4/c1-17(2)27(23(30)31-24(3,4)5)16-18-7-6-14-26(15-18)22(29)13-12-21(28)19-8-10-20(25)11-9-19/h8-11,17-18H,6-7,12-16H2,1-5H3. The van der Waals surface area contributed by atoms with Crippen molar-refractivity contribution in [2.75, 3.05) is 19.6 Å². The van der Waals surface area contributed by atoms with E-state index in [-0.39, 0.29) is 42.6 Å². The molecule has 0 saturated carbocycles. The second kappa shape index (κ2) is 11.0. The SMILES string of the molecule is CC(C)N(CC1CCCN(C(=O)CCC(=O)c2ccc(Cl)cc2)C1)C(=O)OC(C)(C)C. The van der Waals surface area contributed by atoms with Gasteiger partial charge in [-0.05, 0) is 77.6 Å². The lowest BCUT2D eigenvalue weighted by Gasteiger charge is -2.37. The van der Waals surface area contributed by atoms with E-state index >= 15 is 0 Å². The first kappa shape index (κ1) is 25.2. The Kier molecular flexibility index (Phi) is 8.92. The first-order chi connectivity index (χ1) is 14.5. The van der Waals surface area contributed by atoms with Gasteiger partial charge in [0, 0.05) is 49.1 Å². The van der Waals surface area contributed by atoms with Crippen molar-refractivity contribution in [2.24, 2.45) is 5.92 Å². The number of hydrogen-bond donors (Lipinski definition) is 0. The minimum absolute atomic E-state index is 0.0120. The number of carbonyl (C=O) groups is 3. The summed E-state index contributed by atoms with van der Waals surface area (Å²) in [6, 6.07) is 6.73. The van der Waals surface area contributed by atoms with Crippen molar-refractivity contribution in [3.63, 3.8) is 0 Å². The van der Waals surface area contributed by atoms with Gasteiger partial charge in [-0.1, -0.05) is 11.6 Å². The van der Waals surface area contributed by atoms with Crippen LogP contribution in [0, 0.1) is 5.92 Å². The van der Waals surface area contributed by atoms with E-state index in [0.29, 0.717) is 30.2 Å². The topological polar surface area (TPSA) is 66.9 Å².